The molecule has 32 heavy (non-hydrogen) atoms. The summed E-state index contributed by atoms with van der Waals surface area (Å²) in [6, 6.07) is 1.47. The highest BCUT2D eigenvalue weighted by atomic mass is 19.3. The fourth-order valence-corrected chi connectivity index (χ4v) is 4.10. The fraction of sp³-hybridized carbons (Fsp3) is 0.429. The van der Waals surface area contributed by atoms with Crippen LogP contribution in [0.2, 0.25) is 0 Å². The van der Waals surface area contributed by atoms with E-state index in [1.165, 1.54) is 4.68 Å². The van der Waals surface area contributed by atoms with E-state index in [1.54, 1.807) is 46.4 Å². The zero-order valence-electron chi connectivity index (χ0n) is 17.4. The van der Waals surface area contributed by atoms with E-state index in [0.717, 1.165) is 5.52 Å². The van der Waals surface area contributed by atoms with Gasteiger partial charge in [0.05, 0.1) is 72.9 Å². The molecule has 0 saturated heterocycles. The van der Waals surface area contributed by atoms with Crippen molar-refractivity contribution in [3.05, 3.63) is 43.2 Å². The smallest absolute Gasteiger partial charge is 0.253 e. The number of aliphatic hydroxyl groups excluding tert-OH is 2. The van der Waals surface area contributed by atoms with Crippen LogP contribution in [0.25, 0.3) is 28.0 Å². The largest absolute Gasteiger partial charge is 0.394 e. The van der Waals surface area contributed by atoms with Crippen molar-refractivity contribution in [3.8, 4) is 22.5 Å². The number of alkyl halides is 2. The molecule has 0 spiro atoms. The van der Waals surface area contributed by atoms with E-state index in [9.17, 15) is 13.9 Å². The summed E-state index contributed by atoms with van der Waals surface area (Å²) >= 11 is 0. The van der Waals surface area contributed by atoms with Gasteiger partial charge >= 0.3 is 0 Å². The van der Waals surface area contributed by atoms with Gasteiger partial charge in [-0.25, -0.2) is 18.3 Å². The molecule has 2 N–H and O–H groups in total. The summed E-state index contributed by atoms with van der Waals surface area (Å²) in [6.45, 7) is 1.69. The first kappa shape index (κ1) is 20.7. The van der Waals surface area contributed by atoms with Crippen molar-refractivity contribution in [3.63, 3.8) is 0 Å². The van der Waals surface area contributed by atoms with Crippen molar-refractivity contribution >= 4 is 5.52 Å². The van der Waals surface area contributed by atoms with Crippen molar-refractivity contribution in [1.29, 1.82) is 0 Å². The van der Waals surface area contributed by atoms with Crippen LogP contribution in [-0.2, 0) is 6.54 Å². The molecule has 3 atom stereocenters. The van der Waals surface area contributed by atoms with Crippen molar-refractivity contribution in [2.75, 3.05) is 6.61 Å². The van der Waals surface area contributed by atoms with E-state index < -0.39 is 17.9 Å². The van der Waals surface area contributed by atoms with Crippen LogP contribution in [0.4, 0.5) is 8.78 Å². The quantitative estimate of drug-likeness (QED) is 0.433. The molecule has 168 valence electrons. The van der Waals surface area contributed by atoms with Crippen molar-refractivity contribution in [2.45, 2.75) is 44.4 Å². The minimum atomic E-state index is -2.62. The lowest BCUT2D eigenvalue weighted by molar-refractivity contribution is 0.0782. The molecule has 0 aromatic carbocycles. The Balaban J connectivity index is 1.50. The molecule has 1 fully saturated rings. The Labute approximate surface area is 181 Å². The van der Waals surface area contributed by atoms with E-state index in [-0.39, 0.29) is 25.6 Å². The van der Waals surface area contributed by atoms with Gasteiger partial charge in [0.2, 0.25) is 0 Å². The number of fused-ring (bicyclic) bond motifs is 1. The number of hydrogen-bond acceptors (Lipinski definition) is 6. The van der Waals surface area contributed by atoms with Gasteiger partial charge in [-0.1, -0.05) is 6.92 Å². The highest BCUT2D eigenvalue weighted by Gasteiger charge is 2.60. The molecule has 9 nitrogen and oxygen atoms in total. The highest BCUT2D eigenvalue weighted by Crippen LogP contribution is 2.55. The van der Waals surface area contributed by atoms with Crippen LogP contribution < -0.4 is 0 Å². The summed E-state index contributed by atoms with van der Waals surface area (Å²) in [4.78, 5) is 4.79. The molecule has 4 aromatic rings. The second kappa shape index (κ2) is 7.75. The van der Waals surface area contributed by atoms with E-state index in [4.69, 9.17) is 10.1 Å². The summed E-state index contributed by atoms with van der Waals surface area (Å²) in [5.74, 6) is -3.30. The summed E-state index contributed by atoms with van der Waals surface area (Å²) in [6.07, 6.45) is 9.75. The molecular formula is C21H23F2N7O2. The molecule has 0 unspecified atom stereocenters. The Hall–Kier alpha value is -3.18. The maximum atomic E-state index is 13.7. The highest BCUT2D eigenvalue weighted by molar-refractivity contribution is 5.78. The van der Waals surface area contributed by atoms with Crippen LogP contribution >= 0.6 is 0 Å². The predicted molar refractivity (Wildman–Crippen MR) is 111 cm³/mol. The molecule has 0 radical (unpaired) electrons. The van der Waals surface area contributed by atoms with Gasteiger partial charge in [-0.3, -0.25) is 9.36 Å². The second-order valence-electron chi connectivity index (χ2n) is 8.18. The lowest BCUT2D eigenvalue weighted by atomic mass is 10.1. The second-order valence-corrected chi connectivity index (χ2v) is 8.18. The lowest BCUT2D eigenvalue weighted by Gasteiger charge is -2.14. The maximum absolute atomic E-state index is 13.7. The zero-order valence-corrected chi connectivity index (χ0v) is 17.4. The van der Waals surface area contributed by atoms with E-state index in [2.05, 4.69) is 15.3 Å². The third kappa shape index (κ3) is 3.67. The van der Waals surface area contributed by atoms with Gasteiger partial charge in [0, 0.05) is 29.9 Å². The minimum Gasteiger partial charge on any atom is -0.394 e. The average Bonchev–Trinajstić information content (AvgIpc) is 3.30. The molecule has 0 bridgehead atoms. The van der Waals surface area contributed by atoms with Gasteiger partial charge in [0.1, 0.15) is 0 Å². The Morgan fingerprint density at radius 1 is 1.16 bits per heavy atom. The number of hydrogen-bond donors (Lipinski definition) is 2. The monoisotopic (exact) mass is 443 g/mol. The van der Waals surface area contributed by atoms with Crippen LogP contribution in [-0.4, -0.2) is 63.0 Å². The van der Waals surface area contributed by atoms with E-state index in [1.807, 2.05) is 13.0 Å². The summed E-state index contributed by atoms with van der Waals surface area (Å²) in [5.41, 5.74) is 3.43. The first-order valence-electron chi connectivity index (χ1n) is 10.5. The van der Waals surface area contributed by atoms with Gasteiger partial charge in [-0.05, 0) is 12.5 Å². The average molecular weight is 443 g/mol. The molecule has 0 amide bonds. The zero-order chi connectivity index (χ0) is 22.5. The van der Waals surface area contributed by atoms with Crippen LogP contribution in [0.3, 0.4) is 0 Å². The standard InChI is InChI=1S/C21H23F2N7O2/c1-2-18(16-5-21(16,22)23)29-9-14(7-26-29)20-19-3-4-24-30(19)11-17(27-20)13-6-25-28(8-13)10-15(32)12-31/h3-4,6-9,11,15-16,18,31-32H,2,5,10,12H2,1H3/t15-,16+,18+/m1/s1. The Kier molecular flexibility index (Phi) is 5.01. The predicted octanol–water partition coefficient (Wildman–Crippen LogP) is 2.42. The molecule has 0 aliphatic heterocycles. The maximum Gasteiger partial charge on any atom is 0.253 e. The van der Waals surface area contributed by atoms with Crippen LogP contribution in [0.1, 0.15) is 25.8 Å². The third-order valence-electron chi connectivity index (χ3n) is 5.90. The van der Waals surface area contributed by atoms with Gasteiger partial charge in [-0.2, -0.15) is 15.3 Å². The van der Waals surface area contributed by atoms with Gasteiger partial charge in [0.15, 0.2) is 0 Å². The molecule has 1 saturated carbocycles. The Bertz CT molecular complexity index is 1250. The van der Waals surface area contributed by atoms with Crippen molar-refractivity contribution in [2.24, 2.45) is 5.92 Å². The molecule has 1 aliphatic rings. The lowest BCUT2D eigenvalue weighted by Crippen LogP contribution is -2.19. The van der Waals surface area contributed by atoms with Gasteiger partial charge < -0.3 is 10.2 Å². The fourth-order valence-electron chi connectivity index (χ4n) is 4.10. The van der Waals surface area contributed by atoms with E-state index >= 15 is 0 Å². The normalized spacial score (nSPS) is 19.3. The summed E-state index contributed by atoms with van der Waals surface area (Å²) < 4.78 is 32.2. The van der Waals surface area contributed by atoms with Crippen molar-refractivity contribution < 1.29 is 19.0 Å². The number of aromatic nitrogens is 7. The van der Waals surface area contributed by atoms with Gasteiger partial charge in [-0.15, -0.1) is 0 Å². The van der Waals surface area contributed by atoms with Crippen LogP contribution in [0.15, 0.2) is 43.2 Å². The van der Waals surface area contributed by atoms with Gasteiger partial charge in [0.25, 0.3) is 5.92 Å². The first-order valence-corrected chi connectivity index (χ1v) is 10.5. The Morgan fingerprint density at radius 3 is 2.66 bits per heavy atom. The number of nitrogens with zero attached hydrogens (tertiary/aromatic N) is 7. The third-order valence-corrected chi connectivity index (χ3v) is 5.90. The number of halogens is 2. The summed E-state index contributed by atoms with van der Waals surface area (Å²) in [5, 5.41) is 31.6. The molecular weight excluding hydrogens is 420 g/mol. The topological polar surface area (TPSA) is 106 Å². The molecule has 1 aliphatic carbocycles. The Morgan fingerprint density at radius 2 is 1.94 bits per heavy atom. The molecule has 4 aromatic heterocycles. The molecule has 5 rings (SSSR count). The number of aliphatic hydroxyl groups is 2. The van der Waals surface area contributed by atoms with E-state index in [0.29, 0.717) is 28.9 Å². The number of rotatable bonds is 8. The minimum absolute atomic E-state index is 0.101. The van der Waals surface area contributed by atoms with Crippen molar-refractivity contribution in [1.82, 2.24) is 34.2 Å². The first-order chi connectivity index (χ1) is 15.4. The van der Waals surface area contributed by atoms with Crippen LogP contribution in [0.5, 0.6) is 0 Å². The van der Waals surface area contributed by atoms with Crippen LogP contribution in [0, 0.1) is 5.92 Å². The molecule has 4 heterocycles. The summed E-state index contributed by atoms with van der Waals surface area (Å²) in [7, 11) is 0. The molecule has 11 heteroatoms. The SMILES string of the molecule is CC[C@@H]([C@@H]1CC1(F)F)n1cc(-c2nc(-c3cnn(C[C@@H](O)CO)c3)cn3nccc23)cn1.